The number of hydrogen-bond donors (Lipinski definition) is 0. The summed E-state index contributed by atoms with van der Waals surface area (Å²) in [5, 5.41) is 0. The van der Waals surface area contributed by atoms with Crippen molar-refractivity contribution in [3.05, 3.63) is 130 Å². The normalized spacial score (nSPS) is 21.8. The Labute approximate surface area is 229 Å². The van der Waals surface area contributed by atoms with Gasteiger partial charge in [-0.15, -0.1) is 0 Å². The minimum atomic E-state index is -0.516. The average molecular weight is 510 g/mol. The number of nitrogens with zero attached hydrogens (tertiary/aromatic N) is 1. The highest BCUT2D eigenvalue weighted by Crippen LogP contribution is 2.48. The molecular formula is C36H35NSi. The molecule has 2 heteroatoms. The first kappa shape index (κ1) is 23.5. The predicted octanol–water partition coefficient (Wildman–Crippen LogP) is 8.61. The molecule has 1 nitrogen and oxygen atoms in total. The SMILES string of the molecule is CC1=Cc2c(-c3ccccc3)cccc2C1[SiH2]C1C(C)=Cc2c1cccc2N1c2ccccc2CCC1C. The fraction of sp³-hybridized carbons (Fsp3) is 0.222. The number of aryl methyl sites for hydroxylation is 1. The molecule has 1 heterocycles. The summed E-state index contributed by atoms with van der Waals surface area (Å²) < 4.78 is 0. The highest BCUT2D eigenvalue weighted by Gasteiger charge is 2.34. The Kier molecular flexibility index (Phi) is 5.74. The zero-order chi connectivity index (χ0) is 25.8. The van der Waals surface area contributed by atoms with Gasteiger partial charge < -0.3 is 4.90 Å². The third-order valence-electron chi connectivity index (χ3n) is 9.19. The van der Waals surface area contributed by atoms with E-state index < -0.39 is 9.52 Å². The lowest BCUT2D eigenvalue weighted by atomic mass is 9.94. The average Bonchev–Trinajstić information content (AvgIpc) is 3.44. The van der Waals surface area contributed by atoms with Gasteiger partial charge in [0.15, 0.2) is 0 Å². The van der Waals surface area contributed by atoms with Crippen LogP contribution in [0.3, 0.4) is 0 Å². The maximum atomic E-state index is 2.62. The molecule has 0 aromatic heterocycles. The third kappa shape index (κ3) is 3.74. The quantitative estimate of drug-likeness (QED) is 0.249. The lowest BCUT2D eigenvalue weighted by molar-refractivity contribution is 0.618. The summed E-state index contributed by atoms with van der Waals surface area (Å²) in [4.78, 5) is 2.62. The second-order valence-corrected chi connectivity index (χ2v) is 13.6. The fourth-order valence-corrected chi connectivity index (χ4v) is 9.89. The number of rotatable bonds is 4. The van der Waals surface area contributed by atoms with E-state index in [0.717, 1.165) is 0 Å². The largest absolute Gasteiger partial charge is 0.338 e. The fourth-order valence-electron chi connectivity index (χ4n) is 7.22. The Morgan fingerprint density at radius 1 is 0.658 bits per heavy atom. The smallest absolute Gasteiger partial charge is 0.0489 e. The van der Waals surface area contributed by atoms with Crippen LogP contribution < -0.4 is 4.90 Å². The van der Waals surface area contributed by atoms with Gasteiger partial charge in [-0.1, -0.05) is 102 Å². The zero-order valence-electron chi connectivity index (χ0n) is 22.6. The number of para-hydroxylation sites is 1. The maximum Gasteiger partial charge on any atom is 0.0489 e. The molecule has 7 rings (SSSR count). The standard InChI is InChI=1S/C36H35NSi/c1-23-21-31-28(26-11-5-4-6-12-26)14-9-15-29(31)35(23)38-36-24(2)22-32-30(36)16-10-18-34(32)37-25(3)19-20-27-13-7-8-17-33(27)37/h4-18,21-22,25,35-36H,19-20,38H2,1-3H3. The van der Waals surface area contributed by atoms with E-state index in [-0.39, 0.29) is 0 Å². The Balaban J connectivity index is 1.25. The Morgan fingerprint density at radius 3 is 2.08 bits per heavy atom. The molecule has 4 aromatic rings. The van der Waals surface area contributed by atoms with Crippen LogP contribution >= 0.6 is 0 Å². The van der Waals surface area contributed by atoms with Crippen molar-refractivity contribution in [2.24, 2.45) is 0 Å². The molecular weight excluding hydrogens is 474 g/mol. The van der Waals surface area contributed by atoms with Crippen molar-refractivity contribution in [1.29, 1.82) is 0 Å². The van der Waals surface area contributed by atoms with Gasteiger partial charge in [-0.05, 0) is 90.2 Å². The van der Waals surface area contributed by atoms with Gasteiger partial charge in [0.25, 0.3) is 0 Å². The lowest BCUT2D eigenvalue weighted by Gasteiger charge is -2.38. The summed E-state index contributed by atoms with van der Waals surface area (Å²) in [6.07, 6.45) is 7.37. The van der Waals surface area contributed by atoms with Crippen LogP contribution in [0.15, 0.2) is 102 Å². The first-order chi connectivity index (χ1) is 18.6. The van der Waals surface area contributed by atoms with Crippen molar-refractivity contribution >= 4 is 33.0 Å². The topological polar surface area (TPSA) is 3.24 Å². The number of fused-ring (bicyclic) bond motifs is 3. The van der Waals surface area contributed by atoms with E-state index >= 15 is 0 Å². The number of hydrogen-bond acceptors (Lipinski definition) is 1. The highest BCUT2D eigenvalue weighted by atomic mass is 28.2. The van der Waals surface area contributed by atoms with Crippen molar-refractivity contribution in [2.75, 3.05) is 4.90 Å². The van der Waals surface area contributed by atoms with E-state index in [9.17, 15) is 0 Å². The molecule has 0 N–H and O–H groups in total. The third-order valence-corrected chi connectivity index (χ3v) is 12.3. The second-order valence-electron chi connectivity index (χ2n) is 11.5. The molecule has 0 saturated carbocycles. The van der Waals surface area contributed by atoms with Crippen LogP contribution in [0, 0.1) is 0 Å². The van der Waals surface area contributed by atoms with Gasteiger partial charge in [-0.2, -0.15) is 0 Å². The molecule has 0 saturated heterocycles. The van der Waals surface area contributed by atoms with Gasteiger partial charge in [0, 0.05) is 32.5 Å². The van der Waals surface area contributed by atoms with Crippen LogP contribution in [0.2, 0.25) is 0 Å². The van der Waals surface area contributed by atoms with Gasteiger partial charge >= 0.3 is 0 Å². The molecule has 0 bridgehead atoms. The van der Waals surface area contributed by atoms with Crippen molar-refractivity contribution in [2.45, 2.75) is 50.7 Å². The van der Waals surface area contributed by atoms with E-state index in [1.54, 1.807) is 22.3 Å². The maximum absolute atomic E-state index is 2.62. The minimum Gasteiger partial charge on any atom is -0.338 e. The van der Waals surface area contributed by atoms with Crippen molar-refractivity contribution in [3.8, 4) is 11.1 Å². The van der Waals surface area contributed by atoms with Gasteiger partial charge in [-0.25, -0.2) is 0 Å². The van der Waals surface area contributed by atoms with Gasteiger partial charge in [0.1, 0.15) is 0 Å². The van der Waals surface area contributed by atoms with E-state index in [1.165, 1.54) is 52.0 Å². The molecule has 4 aromatic carbocycles. The number of allylic oxidation sites excluding steroid dienone is 2. The summed E-state index contributed by atoms with van der Waals surface area (Å²) in [5.41, 5.74) is 17.2. The van der Waals surface area contributed by atoms with Crippen LogP contribution in [0.5, 0.6) is 0 Å². The van der Waals surface area contributed by atoms with Crippen LogP contribution in [-0.4, -0.2) is 15.6 Å². The summed E-state index contributed by atoms with van der Waals surface area (Å²) in [5.74, 6) is 0. The number of anilines is 2. The van der Waals surface area contributed by atoms with E-state index in [1.807, 2.05) is 0 Å². The molecule has 0 spiro atoms. The van der Waals surface area contributed by atoms with Crippen molar-refractivity contribution in [1.82, 2.24) is 0 Å². The Morgan fingerprint density at radius 2 is 1.29 bits per heavy atom. The molecule has 3 atom stereocenters. The molecule has 0 radical (unpaired) electrons. The van der Waals surface area contributed by atoms with Gasteiger partial charge in [0.2, 0.25) is 0 Å². The summed E-state index contributed by atoms with van der Waals surface area (Å²) in [6.45, 7) is 7.13. The molecule has 3 unspecified atom stereocenters. The van der Waals surface area contributed by atoms with E-state index in [0.29, 0.717) is 17.1 Å². The Hall–Kier alpha value is -3.62. The summed E-state index contributed by atoms with van der Waals surface area (Å²) >= 11 is 0. The zero-order valence-corrected chi connectivity index (χ0v) is 24.0. The highest BCUT2D eigenvalue weighted by molar-refractivity contribution is 6.44. The van der Waals surface area contributed by atoms with Gasteiger partial charge in [0.05, 0.1) is 0 Å². The predicted molar refractivity (Wildman–Crippen MR) is 166 cm³/mol. The van der Waals surface area contributed by atoms with Crippen LogP contribution in [0.4, 0.5) is 11.4 Å². The molecule has 0 fully saturated rings. The van der Waals surface area contributed by atoms with Crippen LogP contribution in [0.25, 0.3) is 23.3 Å². The van der Waals surface area contributed by atoms with Crippen molar-refractivity contribution in [3.63, 3.8) is 0 Å². The summed E-state index contributed by atoms with van der Waals surface area (Å²) in [6, 6.07) is 34.4. The molecule has 1 aliphatic heterocycles. The van der Waals surface area contributed by atoms with E-state index in [4.69, 9.17) is 0 Å². The molecule has 0 amide bonds. The van der Waals surface area contributed by atoms with Crippen LogP contribution in [-0.2, 0) is 6.42 Å². The first-order valence-corrected chi connectivity index (χ1v) is 15.8. The molecule has 188 valence electrons. The Bertz CT molecular complexity index is 1600. The minimum absolute atomic E-state index is 0.504. The molecule has 38 heavy (non-hydrogen) atoms. The molecule has 3 aliphatic rings. The second kappa shape index (κ2) is 9.29. The monoisotopic (exact) mass is 509 g/mol. The van der Waals surface area contributed by atoms with Crippen LogP contribution in [0.1, 0.15) is 66.1 Å². The first-order valence-electron chi connectivity index (χ1n) is 14.1. The lowest BCUT2D eigenvalue weighted by Crippen LogP contribution is -2.33. The number of benzene rings is 4. The van der Waals surface area contributed by atoms with E-state index in [2.05, 4.69) is 129 Å². The van der Waals surface area contributed by atoms with Gasteiger partial charge in [-0.3, -0.25) is 0 Å². The van der Waals surface area contributed by atoms with Crippen molar-refractivity contribution < 1.29 is 0 Å². The molecule has 2 aliphatic carbocycles. The summed E-state index contributed by atoms with van der Waals surface area (Å²) in [7, 11) is -0.516.